The largest absolute Gasteiger partial charge is 0.381 e. The first-order valence-corrected chi connectivity index (χ1v) is 8.48. The van der Waals surface area contributed by atoms with Gasteiger partial charge >= 0.3 is 0 Å². The summed E-state index contributed by atoms with van der Waals surface area (Å²) in [6, 6.07) is 6.68. The molecule has 3 rings (SSSR count). The molecule has 1 saturated carbocycles. The van der Waals surface area contributed by atoms with Crippen molar-refractivity contribution in [2.45, 2.75) is 50.2 Å². The fourth-order valence-electron chi connectivity index (χ4n) is 3.35. The highest BCUT2D eigenvalue weighted by Gasteiger charge is 2.39. The third-order valence-corrected chi connectivity index (χ3v) is 5.28. The van der Waals surface area contributed by atoms with Crippen LogP contribution in [0.2, 0.25) is 5.02 Å². The molecule has 0 radical (unpaired) electrons. The average molecular weight is 392 g/mol. The molecule has 1 aromatic rings. The zero-order chi connectivity index (χ0) is 13.3. The number of ether oxygens (including phenoxy) is 1. The molecule has 2 aliphatic rings. The van der Waals surface area contributed by atoms with Gasteiger partial charge in [-0.25, -0.2) is 0 Å². The molecule has 1 aliphatic heterocycles. The summed E-state index contributed by atoms with van der Waals surface area (Å²) in [4.78, 5) is 0. The smallest absolute Gasteiger partial charge is 0.0702 e. The quantitative estimate of drug-likeness (QED) is 0.728. The number of anilines is 1. The fourth-order valence-corrected chi connectivity index (χ4v) is 4.26. The van der Waals surface area contributed by atoms with Gasteiger partial charge in [0, 0.05) is 16.2 Å². The van der Waals surface area contributed by atoms with Crippen LogP contribution in [-0.4, -0.2) is 18.2 Å². The first kappa shape index (κ1) is 14.0. The van der Waals surface area contributed by atoms with Crippen LogP contribution in [-0.2, 0) is 4.74 Å². The van der Waals surface area contributed by atoms with E-state index in [0.717, 1.165) is 30.2 Å². The number of hydrogen-bond acceptors (Lipinski definition) is 2. The molecule has 104 valence electrons. The van der Waals surface area contributed by atoms with Gasteiger partial charge in [-0.3, -0.25) is 0 Å². The standard InChI is InChI=1S/C15H19ClINO/c16-13-9-11(17)3-4-14(13)18-12-5-8-19-15(10-12)6-1-2-7-15/h3-4,9,12,18H,1-2,5-8,10H2. The third kappa shape index (κ3) is 3.19. The van der Waals surface area contributed by atoms with E-state index in [1.165, 1.54) is 29.3 Å². The second-order valence-corrected chi connectivity index (χ2v) is 7.35. The molecule has 1 unspecified atom stereocenters. The summed E-state index contributed by atoms with van der Waals surface area (Å²) < 4.78 is 7.24. The van der Waals surface area contributed by atoms with Crippen molar-refractivity contribution in [2.24, 2.45) is 0 Å². The van der Waals surface area contributed by atoms with Crippen LogP contribution in [0.3, 0.4) is 0 Å². The molecular weight excluding hydrogens is 373 g/mol. The minimum Gasteiger partial charge on any atom is -0.381 e. The van der Waals surface area contributed by atoms with E-state index < -0.39 is 0 Å². The van der Waals surface area contributed by atoms with Crippen molar-refractivity contribution in [1.29, 1.82) is 0 Å². The molecule has 0 bridgehead atoms. The van der Waals surface area contributed by atoms with Gasteiger partial charge in [0.15, 0.2) is 0 Å². The molecule has 0 aromatic heterocycles. The summed E-state index contributed by atoms with van der Waals surface area (Å²) in [5, 5.41) is 4.43. The van der Waals surface area contributed by atoms with Gasteiger partial charge in [0.1, 0.15) is 0 Å². The highest BCUT2D eigenvalue weighted by atomic mass is 127. The van der Waals surface area contributed by atoms with Gasteiger partial charge in [0.2, 0.25) is 0 Å². The van der Waals surface area contributed by atoms with Gasteiger partial charge in [-0.15, -0.1) is 0 Å². The van der Waals surface area contributed by atoms with Crippen molar-refractivity contribution in [3.63, 3.8) is 0 Å². The maximum Gasteiger partial charge on any atom is 0.0702 e. The lowest BCUT2D eigenvalue weighted by Gasteiger charge is -2.39. The van der Waals surface area contributed by atoms with Gasteiger partial charge in [-0.05, 0) is 66.5 Å². The second-order valence-electron chi connectivity index (χ2n) is 5.70. The summed E-state index contributed by atoms with van der Waals surface area (Å²) >= 11 is 8.59. The maximum absolute atomic E-state index is 6.30. The van der Waals surface area contributed by atoms with Crippen LogP contribution in [0.25, 0.3) is 0 Å². The van der Waals surface area contributed by atoms with Crippen molar-refractivity contribution in [3.05, 3.63) is 26.8 Å². The van der Waals surface area contributed by atoms with E-state index in [1.807, 2.05) is 6.07 Å². The molecule has 1 atom stereocenters. The molecule has 1 N–H and O–H groups in total. The minimum absolute atomic E-state index is 0.158. The molecule has 2 fully saturated rings. The van der Waals surface area contributed by atoms with E-state index in [-0.39, 0.29) is 5.60 Å². The number of nitrogens with one attached hydrogen (secondary N) is 1. The minimum atomic E-state index is 0.158. The van der Waals surface area contributed by atoms with Gasteiger partial charge < -0.3 is 10.1 Å². The average Bonchev–Trinajstić information content (AvgIpc) is 2.81. The van der Waals surface area contributed by atoms with Crippen LogP contribution < -0.4 is 5.32 Å². The van der Waals surface area contributed by atoms with Crippen LogP contribution >= 0.6 is 34.2 Å². The van der Waals surface area contributed by atoms with Gasteiger partial charge in [-0.1, -0.05) is 24.4 Å². The predicted molar refractivity (Wildman–Crippen MR) is 88.0 cm³/mol. The normalized spacial score (nSPS) is 25.7. The third-order valence-electron chi connectivity index (χ3n) is 4.30. The summed E-state index contributed by atoms with van der Waals surface area (Å²) in [6.07, 6.45) is 7.28. The van der Waals surface area contributed by atoms with Crippen LogP contribution in [0.4, 0.5) is 5.69 Å². The number of halogens is 2. The number of rotatable bonds is 2. The van der Waals surface area contributed by atoms with E-state index in [0.29, 0.717) is 6.04 Å². The van der Waals surface area contributed by atoms with Crippen molar-refractivity contribution in [3.8, 4) is 0 Å². The van der Waals surface area contributed by atoms with Crippen LogP contribution in [0.15, 0.2) is 18.2 Å². The lowest BCUT2D eigenvalue weighted by molar-refractivity contribution is -0.0767. The molecule has 4 heteroatoms. The van der Waals surface area contributed by atoms with E-state index in [1.54, 1.807) is 0 Å². The fraction of sp³-hybridized carbons (Fsp3) is 0.600. The molecule has 0 amide bonds. The Hall–Kier alpha value is -0.000000000000000132. The van der Waals surface area contributed by atoms with Crippen molar-refractivity contribution in [2.75, 3.05) is 11.9 Å². The highest BCUT2D eigenvalue weighted by Crippen LogP contribution is 2.41. The van der Waals surface area contributed by atoms with E-state index in [9.17, 15) is 0 Å². The molecule has 1 heterocycles. The molecule has 1 spiro atoms. The molecule has 1 aliphatic carbocycles. The monoisotopic (exact) mass is 391 g/mol. The van der Waals surface area contributed by atoms with Crippen molar-refractivity contribution in [1.82, 2.24) is 0 Å². The Morgan fingerprint density at radius 2 is 2.11 bits per heavy atom. The summed E-state index contributed by atoms with van der Waals surface area (Å²) in [7, 11) is 0. The summed E-state index contributed by atoms with van der Waals surface area (Å²) in [5.41, 5.74) is 1.22. The Morgan fingerprint density at radius 3 is 2.84 bits per heavy atom. The zero-order valence-electron chi connectivity index (χ0n) is 10.9. The van der Waals surface area contributed by atoms with Crippen LogP contribution in [0.5, 0.6) is 0 Å². The Kier molecular flexibility index (Phi) is 4.25. The van der Waals surface area contributed by atoms with Crippen molar-refractivity contribution >= 4 is 39.9 Å². The topological polar surface area (TPSA) is 21.3 Å². The summed E-state index contributed by atoms with van der Waals surface area (Å²) in [6.45, 7) is 0.875. The Morgan fingerprint density at radius 1 is 1.32 bits per heavy atom. The maximum atomic E-state index is 6.30. The van der Waals surface area contributed by atoms with Gasteiger partial charge in [0.05, 0.1) is 16.3 Å². The van der Waals surface area contributed by atoms with Crippen LogP contribution in [0, 0.1) is 3.57 Å². The molecule has 1 saturated heterocycles. The van der Waals surface area contributed by atoms with Gasteiger partial charge in [-0.2, -0.15) is 0 Å². The number of hydrogen-bond donors (Lipinski definition) is 1. The molecule has 2 nitrogen and oxygen atoms in total. The molecular formula is C15H19ClINO. The highest BCUT2D eigenvalue weighted by molar-refractivity contribution is 14.1. The predicted octanol–water partition coefficient (Wildman–Crippen LogP) is 4.85. The second kappa shape index (κ2) is 5.78. The zero-order valence-corrected chi connectivity index (χ0v) is 13.8. The lowest BCUT2D eigenvalue weighted by Crippen LogP contribution is -2.42. The number of benzene rings is 1. The SMILES string of the molecule is Clc1cc(I)ccc1NC1CCOC2(CCCC2)C1. The first-order chi connectivity index (χ1) is 9.17. The van der Waals surface area contributed by atoms with Gasteiger partial charge in [0.25, 0.3) is 0 Å². The lowest BCUT2D eigenvalue weighted by atomic mass is 9.89. The Balaban J connectivity index is 1.69. The molecule has 19 heavy (non-hydrogen) atoms. The Bertz CT molecular complexity index is 459. The van der Waals surface area contributed by atoms with E-state index in [2.05, 4.69) is 40.0 Å². The van der Waals surface area contributed by atoms with E-state index in [4.69, 9.17) is 16.3 Å². The van der Waals surface area contributed by atoms with Crippen molar-refractivity contribution < 1.29 is 4.74 Å². The van der Waals surface area contributed by atoms with Crippen LogP contribution in [0.1, 0.15) is 38.5 Å². The molecule has 1 aromatic carbocycles. The summed E-state index contributed by atoms with van der Waals surface area (Å²) in [5.74, 6) is 0. The first-order valence-electron chi connectivity index (χ1n) is 7.02. The van der Waals surface area contributed by atoms with E-state index >= 15 is 0 Å². The Labute approximate surface area is 133 Å².